The molecular weight excluding hydrogens is 295 g/mol. The molecule has 7 heteroatoms. The van der Waals surface area contributed by atoms with Gasteiger partial charge in [0.1, 0.15) is 5.15 Å². The zero-order chi connectivity index (χ0) is 11.6. The molecule has 15 heavy (non-hydrogen) atoms. The van der Waals surface area contributed by atoms with Gasteiger partial charge in [-0.2, -0.15) is 0 Å². The number of halogens is 4. The quantitative estimate of drug-likeness (QED) is 0.873. The first-order valence-corrected chi connectivity index (χ1v) is 4.93. The SMILES string of the molecule is O=C(O)Cc1c(C(F)F)cnc(Cl)c1Br. The summed E-state index contributed by atoms with van der Waals surface area (Å²) in [4.78, 5) is 14.0. The van der Waals surface area contributed by atoms with Gasteiger partial charge in [-0.05, 0) is 21.5 Å². The number of hydrogen-bond acceptors (Lipinski definition) is 2. The fraction of sp³-hybridized carbons (Fsp3) is 0.250. The van der Waals surface area contributed by atoms with Crippen molar-refractivity contribution in [1.82, 2.24) is 4.98 Å². The smallest absolute Gasteiger partial charge is 0.307 e. The number of aliphatic carboxylic acids is 1. The third kappa shape index (κ3) is 2.85. The van der Waals surface area contributed by atoms with Crippen molar-refractivity contribution in [3.8, 4) is 0 Å². The highest BCUT2D eigenvalue weighted by Crippen LogP contribution is 2.32. The summed E-state index contributed by atoms with van der Waals surface area (Å²) in [7, 11) is 0. The number of rotatable bonds is 3. The van der Waals surface area contributed by atoms with Crippen LogP contribution in [0.1, 0.15) is 17.6 Å². The van der Waals surface area contributed by atoms with Crippen LogP contribution in [0.2, 0.25) is 5.15 Å². The van der Waals surface area contributed by atoms with E-state index in [1.54, 1.807) is 0 Å². The summed E-state index contributed by atoms with van der Waals surface area (Å²) in [6.45, 7) is 0. The number of carboxylic acid groups (broad SMARTS) is 1. The number of aromatic nitrogens is 1. The molecule has 0 unspecified atom stereocenters. The van der Waals surface area contributed by atoms with Gasteiger partial charge in [-0.25, -0.2) is 13.8 Å². The van der Waals surface area contributed by atoms with Crippen molar-refractivity contribution < 1.29 is 18.7 Å². The fourth-order valence-corrected chi connectivity index (χ4v) is 1.67. The molecule has 0 spiro atoms. The van der Waals surface area contributed by atoms with Crippen LogP contribution in [0.3, 0.4) is 0 Å². The average Bonchev–Trinajstić information content (AvgIpc) is 2.12. The predicted molar refractivity (Wildman–Crippen MR) is 53.2 cm³/mol. The van der Waals surface area contributed by atoms with E-state index in [0.717, 1.165) is 6.20 Å². The van der Waals surface area contributed by atoms with E-state index < -0.39 is 24.4 Å². The maximum Gasteiger partial charge on any atom is 0.307 e. The lowest BCUT2D eigenvalue weighted by Crippen LogP contribution is -2.06. The molecule has 0 saturated carbocycles. The summed E-state index contributed by atoms with van der Waals surface area (Å²) < 4.78 is 25.1. The maximum atomic E-state index is 12.5. The summed E-state index contributed by atoms with van der Waals surface area (Å²) in [5.41, 5.74) is -0.467. The Hall–Kier alpha value is -0.750. The van der Waals surface area contributed by atoms with E-state index in [1.807, 2.05) is 0 Å². The van der Waals surface area contributed by atoms with Crippen molar-refractivity contribution in [2.24, 2.45) is 0 Å². The number of nitrogens with zero attached hydrogens (tertiary/aromatic N) is 1. The van der Waals surface area contributed by atoms with Crippen LogP contribution in [0.4, 0.5) is 8.78 Å². The maximum absolute atomic E-state index is 12.5. The summed E-state index contributed by atoms with van der Waals surface area (Å²) in [6, 6.07) is 0. The third-order valence-corrected chi connectivity index (χ3v) is 3.04. The van der Waals surface area contributed by atoms with Gasteiger partial charge >= 0.3 is 5.97 Å². The van der Waals surface area contributed by atoms with Crippen molar-refractivity contribution in [3.63, 3.8) is 0 Å². The lowest BCUT2D eigenvalue weighted by Gasteiger charge is -2.09. The first-order valence-electron chi connectivity index (χ1n) is 3.76. The second-order valence-corrected chi connectivity index (χ2v) is 3.82. The Morgan fingerprint density at radius 3 is 2.73 bits per heavy atom. The Morgan fingerprint density at radius 1 is 1.67 bits per heavy atom. The molecule has 0 aliphatic rings. The van der Waals surface area contributed by atoms with Crippen molar-refractivity contribution >= 4 is 33.5 Å². The van der Waals surface area contributed by atoms with Crippen LogP contribution < -0.4 is 0 Å². The first kappa shape index (κ1) is 12.3. The molecule has 1 heterocycles. The number of pyridine rings is 1. The van der Waals surface area contributed by atoms with Crippen molar-refractivity contribution in [3.05, 3.63) is 26.9 Å². The van der Waals surface area contributed by atoms with E-state index in [9.17, 15) is 13.6 Å². The molecule has 1 N–H and O–H groups in total. The van der Waals surface area contributed by atoms with E-state index in [2.05, 4.69) is 20.9 Å². The highest BCUT2D eigenvalue weighted by molar-refractivity contribution is 9.10. The van der Waals surface area contributed by atoms with Gasteiger partial charge in [-0.1, -0.05) is 11.6 Å². The molecule has 1 rings (SSSR count). The number of carbonyl (C=O) groups is 1. The molecule has 0 aromatic carbocycles. The fourth-order valence-electron chi connectivity index (χ4n) is 1.03. The molecule has 0 aliphatic carbocycles. The van der Waals surface area contributed by atoms with Crippen molar-refractivity contribution in [2.45, 2.75) is 12.8 Å². The zero-order valence-corrected chi connectivity index (χ0v) is 9.52. The molecule has 1 aromatic heterocycles. The molecule has 0 fully saturated rings. The van der Waals surface area contributed by atoms with Gasteiger partial charge in [0.25, 0.3) is 6.43 Å². The van der Waals surface area contributed by atoms with Crippen LogP contribution in [0, 0.1) is 0 Å². The second kappa shape index (κ2) is 4.85. The minimum Gasteiger partial charge on any atom is -0.481 e. The minimum absolute atomic E-state index is 0.0318. The minimum atomic E-state index is -2.78. The topological polar surface area (TPSA) is 50.2 Å². The summed E-state index contributed by atoms with van der Waals surface area (Å²) in [6.07, 6.45) is -2.42. The molecule has 0 saturated heterocycles. The normalized spacial score (nSPS) is 10.7. The Labute approximate surface area is 97.2 Å². The van der Waals surface area contributed by atoms with Crippen LogP contribution in [0.15, 0.2) is 10.7 Å². The van der Waals surface area contributed by atoms with Crippen molar-refractivity contribution in [2.75, 3.05) is 0 Å². The van der Waals surface area contributed by atoms with E-state index in [1.165, 1.54) is 0 Å². The average molecular weight is 300 g/mol. The number of carboxylic acids is 1. The van der Waals surface area contributed by atoms with Gasteiger partial charge in [0.05, 0.1) is 10.9 Å². The molecule has 82 valence electrons. The molecule has 3 nitrogen and oxygen atoms in total. The molecule has 0 aliphatic heterocycles. The number of hydrogen-bond donors (Lipinski definition) is 1. The van der Waals surface area contributed by atoms with E-state index in [0.29, 0.717) is 0 Å². The standard InChI is InChI=1S/C8H5BrClF2NO2/c9-6-3(1-5(14)15)4(8(11)12)2-13-7(6)10/h2,8H,1H2,(H,14,15). The highest BCUT2D eigenvalue weighted by Gasteiger charge is 2.20. The molecule has 0 bridgehead atoms. The lowest BCUT2D eigenvalue weighted by molar-refractivity contribution is -0.136. The second-order valence-electron chi connectivity index (χ2n) is 2.67. The summed E-state index contributed by atoms with van der Waals surface area (Å²) in [5, 5.41) is 8.53. The summed E-state index contributed by atoms with van der Waals surface area (Å²) in [5.74, 6) is -1.21. The van der Waals surface area contributed by atoms with Crippen LogP contribution in [0.5, 0.6) is 0 Å². The molecule has 0 radical (unpaired) electrons. The first-order chi connectivity index (χ1) is 6.93. The molecule has 0 atom stereocenters. The zero-order valence-electron chi connectivity index (χ0n) is 7.18. The van der Waals surface area contributed by atoms with E-state index in [-0.39, 0.29) is 15.2 Å². The monoisotopic (exact) mass is 299 g/mol. The van der Waals surface area contributed by atoms with Gasteiger partial charge in [0.2, 0.25) is 0 Å². The third-order valence-electron chi connectivity index (χ3n) is 1.67. The predicted octanol–water partition coefficient (Wildman–Crippen LogP) is 3.06. The van der Waals surface area contributed by atoms with Gasteiger partial charge in [0, 0.05) is 11.8 Å². The molecular formula is C8H5BrClF2NO2. The molecule has 1 aromatic rings. The lowest BCUT2D eigenvalue weighted by atomic mass is 10.1. The van der Waals surface area contributed by atoms with Crippen LogP contribution in [-0.4, -0.2) is 16.1 Å². The summed E-state index contributed by atoms with van der Waals surface area (Å²) >= 11 is 8.51. The van der Waals surface area contributed by atoms with Crippen LogP contribution >= 0.6 is 27.5 Å². The van der Waals surface area contributed by atoms with Crippen molar-refractivity contribution in [1.29, 1.82) is 0 Å². The van der Waals surface area contributed by atoms with E-state index in [4.69, 9.17) is 16.7 Å². The molecule has 0 amide bonds. The van der Waals surface area contributed by atoms with Crippen LogP contribution in [-0.2, 0) is 11.2 Å². The Bertz CT molecular complexity index is 400. The Morgan fingerprint density at radius 2 is 2.27 bits per heavy atom. The van der Waals surface area contributed by atoms with Gasteiger partial charge in [0.15, 0.2) is 0 Å². The van der Waals surface area contributed by atoms with Gasteiger partial charge < -0.3 is 5.11 Å². The van der Waals surface area contributed by atoms with E-state index >= 15 is 0 Å². The van der Waals surface area contributed by atoms with Crippen LogP contribution in [0.25, 0.3) is 0 Å². The van der Waals surface area contributed by atoms with Gasteiger partial charge in [-0.15, -0.1) is 0 Å². The Balaban J connectivity index is 3.28. The van der Waals surface area contributed by atoms with Gasteiger partial charge in [-0.3, -0.25) is 4.79 Å². The largest absolute Gasteiger partial charge is 0.481 e. The highest BCUT2D eigenvalue weighted by atomic mass is 79.9. The number of alkyl halides is 2. The Kier molecular flexibility index (Phi) is 3.98.